The smallest absolute Gasteiger partial charge is 0.310 e. The number of rotatable bonds is 3. The number of hydrogen-bond donors (Lipinski definition) is 1. The van der Waals surface area contributed by atoms with E-state index >= 15 is 0 Å². The fraction of sp³-hybridized carbons (Fsp3) is 0.375. The van der Waals surface area contributed by atoms with Gasteiger partial charge in [-0.1, -0.05) is 12.2 Å². The zero-order chi connectivity index (χ0) is 15.5. The average molecular weight is 301 g/mol. The molecule has 1 aromatic rings. The third-order valence-electron chi connectivity index (χ3n) is 4.77. The van der Waals surface area contributed by atoms with Crippen LogP contribution in [0.25, 0.3) is 0 Å². The molecule has 114 valence electrons. The first kappa shape index (κ1) is 13.3. The number of methoxy groups -OCH3 is 1. The number of anilines is 1. The molecule has 1 N–H and O–H groups in total. The summed E-state index contributed by atoms with van der Waals surface area (Å²) in [4.78, 5) is 25.9. The highest BCUT2D eigenvalue weighted by molar-refractivity contribution is 6.02. The molecule has 6 nitrogen and oxygen atoms in total. The van der Waals surface area contributed by atoms with Gasteiger partial charge in [0.15, 0.2) is 0 Å². The monoisotopic (exact) mass is 301 g/mol. The number of carbonyl (C=O) groups is 2. The van der Waals surface area contributed by atoms with Crippen LogP contribution in [-0.4, -0.2) is 42.3 Å². The Kier molecular flexibility index (Phi) is 2.62. The van der Waals surface area contributed by atoms with E-state index in [0.717, 1.165) is 5.69 Å². The number of aliphatic carboxylic acids is 1. The minimum Gasteiger partial charge on any atom is -0.497 e. The zero-order valence-corrected chi connectivity index (χ0v) is 11.9. The number of carboxylic acids is 1. The maximum absolute atomic E-state index is 12.8. The van der Waals surface area contributed by atoms with E-state index < -0.39 is 29.5 Å². The van der Waals surface area contributed by atoms with E-state index in [4.69, 9.17) is 9.47 Å². The second kappa shape index (κ2) is 4.33. The molecule has 6 heteroatoms. The van der Waals surface area contributed by atoms with Crippen LogP contribution in [0.15, 0.2) is 36.4 Å². The molecule has 0 aliphatic carbocycles. The van der Waals surface area contributed by atoms with Crippen molar-refractivity contribution in [3.8, 4) is 5.75 Å². The van der Waals surface area contributed by atoms with Crippen molar-refractivity contribution in [2.75, 3.05) is 18.6 Å². The fourth-order valence-electron chi connectivity index (χ4n) is 3.76. The lowest BCUT2D eigenvalue weighted by Crippen LogP contribution is -2.39. The van der Waals surface area contributed by atoms with Gasteiger partial charge in [0.05, 0.1) is 25.7 Å². The summed E-state index contributed by atoms with van der Waals surface area (Å²) in [6.07, 6.45) is 3.12. The van der Waals surface area contributed by atoms with Crippen molar-refractivity contribution in [2.24, 2.45) is 11.8 Å². The van der Waals surface area contributed by atoms with Crippen LogP contribution in [0, 0.1) is 11.8 Å². The summed E-state index contributed by atoms with van der Waals surface area (Å²) < 4.78 is 11.0. The topological polar surface area (TPSA) is 76.1 Å². The van der Waals surface area contributed by atoms with Crippen LogP contribution in [0.5, 0.6) is 5.75 Å². The van der Waals surface area contributed by atoms with Crippen molar-refractivity contribution in [1.29, 1.82) is 0 Å². The number of amides is 1. The van der Waals surface area contributed by atoms with E-state index in [0.29, 0.717) is 12.3 Å². The number of hydrogen-bond acceptors (Lipinski definition) is 4. The number of nitrogens with zero attached hydrogens (tertiary/aromatic N) is 1. The fourth-order valence-corrected chi connectivity index (χ4v) is 3.76. The Hall–Kier alpha value is -2.34. The maximum atomic E-state index is 12.8. The normalized spacial score (nSPS) is 35.0. The van der Waals surface area contributed by atoms with Crippen molar-refractivity contribution in [2.45, 2.75) is 11.7 Å². The molecule has 2 saturated heterocycles. The summed E-state index contributed by atoms with van der Waals surface area (Å²) in [5.41, 5.74) is -0.0794. The molecule has 3 heterocycles. The van der Waals surface area contributed by atoms with Gasteiger partial charge in [-0.25, -0.2) is 0 Å². The first-order valence-corrected chi connectivity index (χ1v) is 7.11. The van der Waals surface area contributed by atoms with Gasteiger partial charge >= 0.3 is 5.97 Å². The van der Waals surface area contributed by atoms with Gasteiger partial charge in [0.2, 0.25) is 5.91 Å². The van der Waals surface area contributed by atoms with Crippen molar-refractivity contribution >= 4 is 17.6 Å². The number of carboxylic acid groups (broad SMARTS) is 1. The highest BCUT2D eigenvalue weighted by Crippen LogP contribution is 2.52. The van der Waals surface area contributed by atoms with Crippen LogP contribution in [0.3, 0.4) is 0 Å². The Morgan fingerprint density at radius 2 is 2.14 bits per heavy atom. The van der Waals surface area contributed by atoms with E-state index in [1.165, 1.54) is 0 Å². The number of benzene rings is 1. The van der Waals surface area contributed by atoms with Gasteiger partial charge in [-0.05, 0) is 24.3 Å². The average Bonchev–Trinajstić information content (AvgIpc) is 3.15. The van der Waals surface area contributed by atoms with E-state index in [2.05, 4.69) is 0 Å². The molecule has 1 aromatic carbocycles. The lowest BCUT2D eigenvalue weighted by molar-refractivity contribution is -0.146. The lowest BCUT2D eigenvalue weighted by Gasteiger charge is -2.21. The highest BCUT2D eigenvalue weighted by Gasteiger charge is 2.67. The Balaban J connectivity index is 1.70. The summed E-state index contributed by atoms with van der Waals surface area (Å²) in [6.45, 7) is 0.347. The molecule has 4 atom stereocenters. The number of ether oxygens (including phenoxy) is 2. The van der Waals surface area contributed by atoms with Gasteiger partial charge in [-0.3, -0.25) is 9.59 Å². The number of carbonyl (C=O) groups excluding carboxylic acids is 1. The van der Waals surface area contributed by atoms with Gasteiger partial charge in [0, 0.05) is 5.69 Å². The summed E-state index contributed by atoms with van der Waals surface area (Å²) in [5, 5.41) is 9.42. The third kappa shape index (κ3) is 1.58. The predicted octanol–water partition coefficient (Wildman–Crippen LogP) is 1.07. The van der Waals surface area contributed by atoms with Crippen LogP contribution in [0.4, 0.5) is 5.69 Å². The van der Waals surface area contributed by atoms with Crippen molar-refractivity contribution in [3.05, 3.63) is 36.4 Å². The molecule has 4 rings (SSSR count). The Morgan fingerprint density at radius 1 is 1.41 bits per heavy atom. The zero-order valence-electron chi connectivity index (χ0n) is 11.9. The van der Waals surface area contributed by atoms with E-state index in [1.807, 2.05) is 6.08 Å². The molecule has 2 fully saturated rings. The van der Waals surface area contributed by atoms with Crippen LogP contribution in [0.1, 0.15) is 0 Å². The second-order valence-corrected chi connectivity index (χ2v) is 5.86. The standard InChI is InChI=1S/C16H15NO5/c1-21-10-4-2-9(3-5-10)17-8-16-7-6-11(22-16)12(15(19)20)13(16)14(17)18/h2-7,11-13H,8H2,1H3,(H,19,20)/t11-,12?,13-,16+/m0/s1. The maximum Gasteiger partial charge on any atom is 0.310 e. The van der Waals surface area contributed by atoms with Crippen LogP contribution >= 0.6 is 0 Å². The Labute approximate surface area is 126 Å². The summed E-state index contributed by atoms with van der Waals surface area (Å²) >= 11 is 0. The molecular weight excluding hydrogens is 286 g/mol. The first-order valence-electron chi connectivity index (χ1n) is 7.11. The van der Waals surface area contributed by atoms with E-state index in [9.17, 15) is 14.7 Å². The predicted molar refractivity (Wildman–Crippen MR) is 76.7 cm³/mol. The summed E-state index contributed by atoms with van der Waals surface area (Å²) in [5.74, 6) is -1.92. The largest absolute Gasteiger partial charge is 0.497 e. The molecule has 3 aliphatic rings. The molecular formula is C16H15NO5. The Morgan fingerprint density at radius 3 is 2.77 bits per heavy atom. The molecule has 0 saturated carbocycles. The molecule has 2 bridgehead atoms. The molecule has 1 unspecified atom stereocenters. The quantitative estimate of drug-likeness (QED) is 0.845. The van der Waals surface area contributed by atoms with Crippen molar-refractivity contribution < 1.29 is 24.2 Å². The molecule has 0 aromatic heterocycles. The molecule has 22 heavy (non-hydrogen) atoms. The Bertz CT molecular complexity index is 682. The SMILES string of the molecule is COc1ccc(N2C[C@@]34C=C[C@H](O3)C(C(=O)O)[C@H]4C2=O)cc1. The van der Waals surface area contributed by atoms with Gasteiger partial charge in [0.1, 0.15) is 17.3 Å². The van der Waals surface area contributed by atoms with Crippen molar-refractivity contribution in [3.63, 3.8) is 0 Å². The van der Waals surface area contributed by atoms with Crippen molar-refractivity contribution in [1.82, 2.24) is 0 Å². The molecule has 1 spiro atoms. The van der Waals surface area contributed by atoms with Crippen LogP contribution in [0.2, 0.25) is 0 Å². The van der Waals surface area contributed by atoms with Gasteiger partial charge < -0.3 is 19.5 Å². The molecule has 0 radical (unpaired) electrons. The summed E-state index contributed by atoms with van der Waals surface area (Å²) in [6, 6.07) is 7.13. The number of fused-ring (bicyclic) bond motifs is 1. The van der Waals surface area contributed by atoms with Gasteiger partial charge in [-0.15, -0.1) is 0 Å². The van der Waals surface area contributed by atoms with Crippen LogP contribution in [-0.2, 0) is 14.3 Å². The van der Waals surface area contributed by atoms with E-state index in [1.54, 1.807) is 42.4 Å². The van der Waals surface area contributed by atoms with Gasteiger partial charge in [-0.2, -0.15) is 0 Å². The summed E-state index contributed by atoms with van der Waals surface area (Å²) in [7, 11) is 1.58. The molecule has 1 amide bonds. The van der Waals surface area contributed by atoms with Gasteiger partial charge in [0.25, 0.3) is 0 Å². The first-order chi connectivity index (χ1) is 10.6. The highest BCUT2D eigenvalue weighted by atomic mass is 16.5. The molecule has 3 aliphatic heterocycles. The minimum absolute atomic E-state index is 0.190. The lowest BCUT2D eigenvalue weighted by atomic mass is 9.77. The minimum atomic E-state index is -0.980. The second-order valence-electron chi connectivity index (χ2n) is 5.86. The third-order valence-corrected chi connectivity index (χ3v) is 4.77. The van der Waals surface area contributed by atoms with Crippen LogP contribution < -0.4 is 9.64 Å². The van der Waals surface area contributed by atoms with E-state index in [-0.39, 0.29) is 5.91 Å².